The standard InChI is InChI=1S/2C7H12N2O2/c2*1-4-3-9-7(11)5(4)6(10)8-2/h2*4-5H,3H2,1-2H3,(H,8,10)(H,9,11)/t2*4-,5-/m10/s1. The number of hydrogen-bond donors (Lipinski definition) is 4. The van der Waals surface area contributed by atoms with Crippen molar-refractivity contribution < 1.29 is 19.2 Å². The molecule has 0 aromatic heterocycles. The molecule has 22 heavy (non-hydrogen) atoms. The van der Waals surface area contributed by atoms with Crippen LogP contribution in [-0.2, 0) is 19.2 Å². The molecule has 124 valence electrons. The van der Waals surface area contributed by atoms with E-state index in [0.29, 0.717) is 13.1 Å². The SMILES string of the molecule is CNC(=O)[C@@H]1C(=O)NC[C@H]1C.CNC(=O)[C@H]1C(=O)NC[C@@H]1C. The van der Waals surface area contributed by atoms with Crippen LogP contribution in [-0.4, -0.2) is 50.8 Å². The summed E-state index contributed by atoms with van der Waals surface area (Å²) in [4.78, 5) is 44.2. The van der Waals surface area contributed by atoms with Crippen molar-refractivity contribution in [2.75, 3.05) is 27.2 Å². The van der Waals surface area contributed by atoms with Crippen molar-refractivity contribution in [3.63, 3.8) is 0 Å². The van der Waals surface area contributed by atoms with Crippen molar-refractivity contribution in [1.29, 1.82) is 0 Å². The molecule has 0 aliphatic carbocycles. The van der Waals surface area contributed by atoms with Gasteiger partial charge in [0.2, 0.25) is 23.6 Å². The van der Waals surface area contributed by atoms with Crippen LogP contribution in [0.15, 0.2) is 0 Å². The molecule has 0 aromatic rings. The summed E-state index contributed by atoms with van der Waals surface area (Å²) < 4.78 is 0. The molecule has 2 heterocycles. The van der Waals surface area contributed by atoms with Gasteiger partial charge in [0.05, 0.1) is 0 Å². The second kappa shape index (κ2) is 7.77. The molecule has 0 saturated carbocycles. The van der Waals surface area contributed by atoms with Gasteiger partial charge in [-0.2, -0.15) is 0 Å². The van der Waals surface area contributed by atoms with E-state index < -0.39 is 11.8 Å². The number of rotatable bonds is 2. The van der Waals surface area contributed by atoms with E-state index in [-0.39, 0.29) is 35.5 Å². The predicted molar refractivity (Wildman–Crippen MR) is 79.5 cm³/mol. The monoisotopic (exact) mass is 312 g/mol. The highest BCUT2D eigenvalue weighted by atomic mass is 16.2. The third-order valence-electron chi connectivity index (χ3n) is 3.96. The molecule has 2 rings (SSSR count). The average Bonchev–Trinajstić information content (AvgIpc) is 3.00. The van der Waals surface area contributed by atoms with E-state index in [4.69, 9.17) is 0 Å². The Labute approximate surface area is 129 Å². The van der Waals surface area contributed by atoms with Gasteiger partial charge in [-0.3, -0.25) is 19.2 Å². The van der Waals surface area contributed by atoms with Crippen LogP contribution >= 0.6 is 0 Å². The molecule has 0 bridgehead atoms. The van der Waals surface area contributed by atoms with Gasteiger partial charge in [-0.1, -0.05) is 13.8 Å². The van der Waals surface area contributed by atoms with Crippen molar-refractivity contribution in [2.24, 2.45) is 23.7 Å². The van der Waals surface area contributed by atoms with Crippen LogP contribution in [0.5, 0.6) is 0 Å². The molecule has 0 radical (unpaired) electrons. The largest absolute Gasteiger partial charge is 0.358 e. The maximum absolute atomic E-state index is 11.1. The van der Waals surface area contributed by atoms with E-state index in [2.05, 4.69) is 21.3 Å². The van der Waals surface area contributed by atoms with Crippen LogP contribution < -0.4 is 21.3 Å². The van der Waals surface area contributed by atoms with Crippen LogP contribution in [0.2, 0.25) is 0 Å². The smallest absolute Gasteiger partial charge is 0.232 e. The number of carbonyl (C=O) groups excluding carboxylic acids is 4. The Kier molecular flexibility index (Phi) is 6.33. The summed E-state index contributed by atoms with van der Waals surface area (Å²) >= 11 is 0. The van der Waals surface area contributed by atoms with Gasteiger partial charge in [-0.15, -0.1) is 0 Å². The Morgan fingerprint density at radius 1 is 0.864 bits per heavy atom. The van der Waals surface area contributed by atoms with E-state index >= 15 is 0 Å². The van der Waals surface area contributed by atoms with E-state index in [9.17, 15) is 19.2 Å². The highest BCUT2D eigenvalue weighted by Gasteiger charge is 2.37. The van der Waals surface area contributed by atoms with Gasteiger partial charge in [0.25, 0.3) is 0 Å². The molecular weight excluding hydrogens is 288 g/mol. The highest BCUT2D eigenvalue weighted by Crippen LogP contribution is 2.17. The van der Waals surface area contributed by atoms with Gasteiger partial charge in [-0.25, -0.2) is 0 Å². The first-order chi connectivity index (χ1) is 10.3. The van der Waals surface area contributed by atoms with E-state index in [1.165, 1.54) is 0 Å². The van der Waals surface area contributed by atoms with Crippen molar-refractivity contribution >= 4 is 23.6 Å². The maximum Gasteiger partial charge on any atom is 0.232 e. The average molecular weight is 312 g/mol. The van der Waals surface area contributed by atoms with Crippen LogP contribution in [0.25, 0.3) is 0 Å². The van der Waals surface area contributed by atoms with E-state index in [1.807, 2.05) is 13.8 Å². The van der Waals surface area contributed by atoms with Gasteiger partial charge in [-0.05, 0) is 11.8 Å². The Hall–Kier alpha value is -2.12. The molecule has 0 aromatic carbocycles. The third-order valence-corrected chi connectivity index (χ3v) is 3.96. The molecule has 4 atom stereocenters. The molecule has 2 saturated heterocycles. The second-order valence-electron chi connectivity index (χ2n) is 5.63. The highest BCUT2D eigenvalue weighted by molar-refractivity contribution is 6.02. The topological polar surface area (TPSA) is 116 Å². The molecule has 2 fully saturated rings. The molecule has 8 heteroatoms. The lowest BCUT2D eigenvalue weighted by molar-refractivity contribution is -0.135. The summed E-state index contributed by atoms with van der Waals surface area (Å²) in [5.41, 5.74) is 0. The van der Waals surface area contributed by atoms with Gasteiger partial charge in [0.15, 0.2) is 0 Å². The van der Waals surface area contributed by atoms with Gasteiger partial charge in [0, 0.05) is 27.2 Å². The fraction of sp³-hybridized carbons (Fsp3) is 0.714. The molecule has 0 unspecified atom stereocenters. The number of hydrogen-bond acceptors (Lipinski definition) is 4. The first-order valence-electron chi connectivity index (χ1n) is 7.32. The lowest BCUT2D eigenvalue weighted by Crippen LogP contribution is -2.34. The van der Waals surface area contributed by atoms with Crippen LogP contribution in [0.1, 0.15) is 13.8 Å². The predicted octanol–water partition coefficient (Wildman–Crippen LogP) is -1.77. The van der Waals surface area contributed by atoms with Crippen LogP contribution in [0.3, 0.4) is 0 Å². The van der Waals surface area contributed by atoms with E-state index in [1.54, 1.807) is 14.1 Å². The van der Waals surface area contributed by atoms with E-state index in [0.717, 1.165) is 0 Å². The zero-order valence-corrected chi connectivity index (χ0v) is 13.4. The molecule has 4 amide bonds. The number of nitrogens with one attached hydrogen (secondary N) is 4. The third kappa shape index (κ3) is 3.96. The van der Waals surface area contributed by atoms with Crippen LogP contribution in [0.4, 0.5) is 0 Å². The van der Waals surface area contributed by atoms with Crippen LogP contribution in [0, 0.1) is 23.7 Å². The first-order valence-corrected chi connectivity index (χ1v) is 7.32. The summed E-state index contributed by atoms with van der Waals surface area (Å²) in [6.07, 6.45) is 0. The van der Waals surface area contributed by atoms with Crippen molar-refractivity contribution in [3.05, 3.63) is 0 Å². The minimum absolute atomic E-state index is 0.113. The summed E-state index contributed by atoms with van der Waals surface area (Å²) in [6.45, 7) is 4.99. The zero-order valence-electron chi connectivity index (χ0n) is 13.4. The maximum atomic E-state index is 11.1. The lowest BCUT2D eigenvalue weighted by Gasteiger charge is -2.08. The van der Waals surface area contributed by atoms with Gasteiger partial charge >= 0.3 is 0 Å². The normalized spacial score (nSPS) is 29.8. The summed E-state index contributed by atoms with van der Waals surface area (Å²) in [7, 11) is 3.08. The van der Waals surface area contributed by atoms with Crippen molar-refractivity contribution in [1.82, 2.24) is 21.3 Å². The minimum Gasteiger partial charge on any atom is -0.358 e. The fourth-order valence-electron chi connectivity index (χ4n) is 2.56. The number of amides is 4. The summed E-state index contributed by atoms with van der Waals surface area (Å²) in [6, 6.07) is 0. The Morgan fingerprint density at radius 2 is 1.18 bits per heavy atom. The molecule has 4 N–H and O–H groups in total. The fourth-order valence-corrected chi connectivity index (χ4v) is 2.56. The molecule has 2 aliphatic rings. The van der Waals surface area contributed by atoms with Crippen molar-refractivity contribution in [3.8, 4) is 0 Å². The van der Waals surface area contributed by atoms with Gasteiger partial charge < -0.3 is 21.3 Å². The summed E-state index contributed by atoms with van der Waals surface area (Å²) in [5.74, 6) is -1.43. The zero-order chi connectivity index (χ0) is 16.9. The number of carbonyl (C=O) groups is 4. The molecule has 2 aliphatic heterocycles. The summed E-state index contributed by atoms with van der Waals surface area (Å²) in [5, 5.41) is 10.2. The molecule has 8 nitrogen and oxygen atoms in total. The Morgan fingerprint density at radius 3 is 1.36 bits per heavy atom. The van der Waals surface area contributed by atoms with Gasteiger partial charge in [0.1, 0.15) is 11.8 Å². The minimum atomic E-state index is -0.486. The van der Waals surface area contributed by atoms with Crippen molar-refractivity contribution in [2.45, 2.75) is 13.8 Å². The molecule has 0 spiro atoms. The quantitative estimate of drug-likeness (QED) is 0.451. The Balaban J connectivity index is 0.000000220. The second-order valence-corrected chi connectivity index (χ2v) is 5.63. The molecular formula is C14H24N4O4. The lowest BCUT2D eigenvalue weighted by atomic mass is 9.97. The first kappa shape index (κ1) is 17.9. The Bertz CT molecular complexity index is 424.